The number of fused-ring (bicyclic) bond motifs is 1. The average molecular weight is 294 g/mol. The van der Waals surface area contributed by atoms with Crippen molar-refractivity contribution < 1.29 is 26.7 Å². The van der Waals surface area contributed by atoms with E-state index >= 15 is 0 Å². The fourth-order valence-electron chi connectivity index (χ4n) is 2.10. The molecule has 1 aliphatic rings. The summed E-state index contributed by atoms with van der Waals surface area (Å²) < 4.78 is 62.7. The molecular weight excluding hydrogens is 283 g/mol. The molecule has 2 rings (SSSR count). The molecule has 3 nitrogen and oxygen atoms in total. The molecule has 0 bridgehead atoms. The summed E-state index contributed by atoms with van der Waals surface area (Å²) in [4.78, 5) is 11.9. The van der Waals surface area contributed by atoms with Crippen molar-refractivity contribution in [2.24, 2.45) is 0 Å². The number of nitrogens with zero attached hydrogens (tertiary/aromatic N) is 1. The molecule has 1 aliphatic heterocycles. The number of hydrogen-bond acceptors (Lipinski definition) is 2. The number of nitrogens with two attached hydrogens (primary N) is 1. The van der Waals surface area contributed by atoms with Gasteiger partial charge in [-0.2, -0.15) is 22.0 Å². The summed E-state index contributed by atoms with van der Waals surface area (Å²) in [6.45, 7) is -0.534. The quantitative estimate of drug-likeness (QED) is 0.638. The molecular formula is C12H11F5N2O. The molecule has 1 aromatic rings. The lowest BCUT2D eigenvalue weighted by Crippen LogP contribution is -2.53. The van der Waals surface area contributed by atoms with Crippen LogP contribution in [0, 0.1) is 0 Å². The van der Waals surface area contributed by atoms with Gasteiger partial charge in [0.25, 0.3) is 0 Å². The van der Waals surface area contributed by atoms with Gasteiger partial charge >= 0.3 is 18.0 Å². The number of amides is 1. The van der Waals surface area contributed by atoms with Crippen LogP contribution in [0.25, 0.3) is 0 Å². The van der Waals surface area contributed by atoms with Crippen LogP contribution < -0.4 is 5.73 Å². The topological polar surface area (TPSA) is 46.3 Å². The summed E-state index contributed by atoms with van der Waals surface area (Å²) >= 11 is 0. The minimum Gasteiger partial charge on any atom is -0.398 e. The van der Waals surface area contributed by atoms with E-state index in [2.05, 4.69) is 0 Å². The summed E-state index contributed by atoms with van der Waals surface area (Å²) in [7, 11) is 0. The van der Waals surface area contributed by atoms with Gasteiger partial charge in [0.1, 0.15) is 0 Å². The lowest BCUT2D eigenvalue weighted by Gasteiger charge is -2.32. The molecule has 1 amide bonds. The predicted molar refractivity (Wildman–Crippen MR) is 61.0 cm³/mol. The summed E-state index contributed by atoms with van der Waals surface area (Å²) in [5, 5.41) is 0. The number of carbonyl (C=O) groups excluding carboxylic acids is 1. The normalized spacial score (nSPS) is 15.9. The Morgan fingerprint density at radius 2 is 1.85 bits per heavy atom. The third-order valence-corrected chi connectivity index (χ3v) is 3.22. The average Bonchev–Trinajstić information content (AvgIpc) is 2.36. The molecule has 20 heavy (non-hydrogen) atoms. The SMILES string of the molecule is Nc1cccc2c1CN(C(=O)C(F)(F)C(F)(F)F)CC2. The number of nitrogen functional groups attached to an aromatic ring is 1. The number of rotatable bonds is 1. The minimum absolute atomic E-state index is 0.193. The van der Waals surface area contributed by atoms with E-state index in [1.165, 1.54) is 6.07 Å². The number of carbonyl (C=O) groups is 1. The summed E-state index contributed by atoms with van der Waals surface area (Å²) in [6, 6.07) is 4.88. The van der Waals surface area contributed by atoms with Crippen LogP contribution in [0.5, 0.6) is 0 Å². The van der Waals surface area contributed by atoms with Crippen molar-refractivity contribution in [3.05, 3.63) is 29.3 Å². The zero-order valence-electron chi connectivity index (χ0n) is 10.2. The minimum atomic E-state index is -5.90. The van der Waals surface area contributed by atoms with Crippen molar-refractivity contribution >= 4 is 11.6 Å². The first-order chi connectivity index (χ1) is 9.14. The molecule has 0 unspecified atom stereocenters. The zero-order chi connectivity index (χ0) is 15.1. The van der Waals surface area contributed by atoms with Gasteiger partial charge in [-0.25, -0.2) is 0 Å². The lowest BCUT2D eigenvalue weighted by atomic mass is 9.97. The van der Waals surface area contributed by atoms with Crippen LogP contribution in [0.15, 0.2) is 18.2 Å². The van der Waals surface area contributed by atoms with E-state index in [9.17, 15) is 26.7 Å². The molecule has 0 fully saturated rings. The molecule has 0 saturated heterocycles. The Morgan fingerprint density at radius 1 is 1.20 bits per heavy atom. The Balaban J connectivity index is 2.26. The first kappa shape index (κ1) is 14.5. The molecule has 1 aromatic carbocycles. The fraction of sp³-hybridized carbons (Fsp3) is 0.417. The van der Waals surface area contributed by atoms with Gasteiger partial charge in [0.15, 0.2) is 0 Å². The Kier molecular flexibility index (Phi) is 3.35. The van der Waals surface area contributed by atoms with E-state index in [0.717, 1.165) is 5.56 Å². The first-order valence-corrected chi connectivity index (χ1v) is 5.74. The number of anilines is 1. The maximum atomic E-state index is 13.0. The largest absolute Gasteiger partial charge is 0.463 e. The highest BCUT2D eigenvalue weighted by molar-refractivity contribution is 5.85. The third-order valence-electron chi connectivity index (χ3n) is 3.22. The predicted octanol–water partition coefficient (Wildman–Crippen LogP) is 2.35. The van der Waals surface area contributed by atoms with Crippen LogP contribution in [0.4, 0.5) is 27.6 Å². The van der Waals surface area contributed by atoms with E-state index in [-0.39, 0.29) is 25.2 Å². The zero-order valence-corrected chi connectivity index (χ0v) is 10.2. The molecule has 0 aliphatic carbocycles. The van der Waals surface area contributed by atoms with Crippen LogP contribution in [0.3, 0.4) is 0 Å². The molecule has 0 radical (unpaired) electrons. The molecule has 110 valence electrons. The number of benzene rings is 1. The lowest BCUT2D eigenvalue weighted by molar-refractivity contribution is -0.274. The summed E-state index contributed by atoms with van der Waals surface area (Å²) in [6.07, 6.45) is -5.70. The van der Waals surface area contributed by atoms with Crippen molar-refractivity contribution in [1.82, 2.24) is 4.90 Å². The highest BCUT2D eigenvalue weighted by Gasteiger charge is 2.64. The van der Waals surface area contributed by atoms with E-state index in [1.807, 2.05) is 0 Å². The second kappa shape index (κ2) is 4.60. The molecule has 8 heteroatoms. The molecule has 0 spiro atoms. The van der Waals surface area contributed by atoms with E-state index < -0.39 is 18.0 Å². The molecule has 0 saturated carbocycles. The van der Waals surface area contributed by atoms with Crippen LogP contribution in [-0.2, 0) is 17.8 Å². The van der Waals surface area contributed by atoms with Crippen molar-refractivity contribution in [3.8, 4) is 0 Å². The van der Waals surface area contributed by atoms with Gasteiger partial charge in [-0.15, -0.1) is 0 Å². The van der Waals surface area contributed by atoms with Gasteiger partial charge in [-0.3, -0.25) is 4.79 Å². The van der Waals surface area contributed by atoms with Gasteiger partial charge in [0, 0.05) is 18.8 Å². The second-order valence-electron chi connectivity index (χ2n) is 4.53. The van der Waals surface area contributed by atoms with Crippen molar-refractivity contribution in [2.75, 3.05) is 12.3 Å². The Bertz CT molecular complexity index is 541. The smallest absolute Gasteiger partial charge is 0.398 e. The summed E-state index contributed by atoms with van der Waals surface area (Å²) in [5.74, 6) is -7.62. The second-order valence-corrected chi connectivity index (χ2v) is 4.53. The Labute approximate surface area is 111 Å². The maximum absolute atomic E-state index is 13.0. The molecule has 0 aromatic heterocycles. The van der Waals surface area contributed by atoms with Crippen molar-refractivity contribution in [2.45, 2.75) is 25.1 Å². The van der Waals surface area contributed by atoms with Crippen LogP contribution in [0.1, 0.15) is 11.1 Å². The van der Waals surface area contributed by atoms with Crippen LogP contribution in [0.2, 0.25) is 0 Å². The fourth-order valence-corrected chi connectivity index (χ4v) is 2.10. The maximum Gasteiger partial charge on any atom is 0.463 e. The van der Waals surface area contributed by atoms with Crippen LogP contribution >= 0.6 is 0 Å². The highest BCUT2D eigenvalue weighted by Crippen LogP contribution is 2.38. The van der Waals surface area contributed by atoms with Crippen molar-refractivity contribution in [1.29, 1.82) is 0 Å². The van der Waals surface area contributed by atoms with E-state index in [0.29, 0.717) is 10.5 Å². The van der Waals surface area contributed by atoms with Gasteiger partial charge in [-0.1, -0.05) is 12.1 Å². The highest BCUT2D eigenvalue weighted by atomic mass is 19.4. The first-order valence-electron chi connectivity index (χ1n) is 5.74. The van der Waals surface area contributed by atoms with Crippen LogP contribution in [-0.4, -0.2) is 29.5 Å². The van der Waals surface area contributed by atoms with E-state index in [1.54, 1.807) is 12.1 Å². The van der Waals surface area contributed by atoms with E-state index in [4.69, 9.17) is 5.73 Å². The third kappa shape index (κ3) is 2.30. The van der Waals surface area contributed by atoms with Gasteiger partial charge in [-0.05, 0) is 23.6 Å². The number of halogens is 5. The number of hydrogen-bond donors (Lipinski definition) is 1. The summed E-state index contributed by atoms with van der Waals surface area (Å²) in [5.41, 5.74) is 7.10. The molecule has 2 N–H and O–H groups in total. The molecule has 0 atom stereocenters. The standard InChI is InChI=1S/C12H11F5N2O/c13-11(14,12(15,16)17)10(20)19-5-4-7-2-1-3-9(18)8(7)6-19/h1-3H,4-6,18H2. The van der Waals surface area contributed by atoms with Crippen molar-refractivity contribution in [3.63, 3.8) is 0 Å². The van der Waals surface area contributed by atoms with Gasteiger partial charge < -0.3 is 10.6 Å². The molecule has 1 heterocycles. The monoisotopic (exact) mass is 294 g/mol. The Hall–Kier alpha value is -1.86. The Morgan fingerprint density at radius 3 is 2.45 bits per heavy atom. The van der Waals surface area contributed by atoms with Gasteiger partial charge in [0.2, 0.25) is 0 Å². The number of alkyl halides is 5. The van der Waals surface area contributed by atoms with Gasteiger partial charge in [0.05, 0.1) is 0 Å².